The average molecular weight is 333 g/mol. The maximum atomic E-state index is 11.9. The van der Waals surface area contributed by atoms with Crippen molar-refractivity contribution in [3.05, 3.63) is 40.9 Å². The van der Waals surface area contributed by atoms with Crippen LogP contribution in [0.2, 0.25) is 0 Å². The summed E-state index contributed by atoms with van der Waals surface area (Å²) in [5, 5.41) is 14.3. The Kier molecular flexibility index (Phi) is 5.13. The minimum atomic E-state index is -0.697. The van der Waals surface area contributed by atoms with Crippen LogP contribution in [0.4, 0.5) is 0 Å². The van der Waals surface area contributed by atoms with Crippen LogP contribution >= 0.6 is 0 Å². The zero-order chi connectivity index (χ0) is 17.1. The Morgan fingerprint density at radius 2 is 2.04 bits per heavy atom. The van der Waals surface area contributed by atoms with Crippen molar-refractivity contribution in [1.29, 1.82) is 0 Å². The first-order chi connectivity index (χ1) is 11.5. The van der Waals surface area contributed by atoms with Crippen LogP contribution in [-0.4, -0.2) is 57.7 Å². The maximum absolute atomic E-state index is 11.9. The molecule has 3 rings (SSSR count). The molecule has 0 bridgehead atoms. The van der Waals surface area contributed by atoms with Gasteiger partial charge in [-0.25, -0.2) is 4.79 Å². The smallest absolute Gasteiger partial charge is 0.390 e. The largest absolute Gasteiger partial charge is 0.441 e. The second-order valence-electron chi connectivity index (χ2n) is 6.35. The highest BCUT2D eigenvalue weighted by Crippen LogP contribution is 2.16. The number of aliphatic hydroxyl groups is 1. The molecule has 0 amide bonds. The Morgan fingerprint density at radius 1 is 1.29 bits per heavy atom. The molecule has 1 aromatic carbocycles. The standard InChI is InChI=1S/C17H23N3O4/c1-12-11-23-13(2)8-19(12)9-15(21)10-20-16(18-24-17(20)22)14-6-4-3-5-7-14/h3-7,12-13,15,21H,8-11H2,1-2H3. The highest BCUT2D eigenvalue weighted by molar-refractivity contribution is 5.54. The minimum Gasteiger partial charge on any atom is -0.390 e. The molecule has 1 N–H and O–H groups in total. The second-order valence-corrected chi connectivity index (χ2v) is 6.35. The molecular weight excluding hydrogens is 310 g/mol. The lowest BCUT2D eigenvalue weighted by atomic mass is 10.1. The van der Waals surface area contributed by atoms with E-state index in [1.165, 1.54) is 4.57 Å². The third-order valence-electron chi connectivity index (χ3n) is 4.29. The van der Waals surface area contributed by atoms with Gasteiger partial charge in [0.05, 0.1) is 25.4 Å². The molecule has 3 unspecified atom stereocenters. The summed E-state index contributed by atoms with van der Waals surface area (Å²) in [5.74, 6) is -0.126. The lowest BCUT2D eigenvalue weighted by molar-refractivity contribution is -0.0629. The first-order valence-electron chi connectivity index (χ1n) is 8.20. The fraction of sp³-hybridized carbons (Fsp3) is 0.529. The lowest BCUT2D eigenvalue weighted by Gasteiger charge is -2.37. The summed E-state index contributed by atoms with van der Waals surface area (Å²) in [6, 6.07) is 9.57. The lowest BCUT2D eigenvalue weighted by Crippen LogP contribution is -2.50. The van der Waals surface area contributed by atoms with E-state index in [1.807, 2.05) is 37.3 Å². The van der Waals surface area contributed by atoms with Crippen molar-refractivity contribution >= 4 is 0 Å². The van der Waals surface area contributed by atoms with Gasteiger partial charge in [-0.15, -0.1) is 0 Å². The molecule has 3 atom stereocenters. The van der Waals surface area contributed by atoms with Crippen molar-refractivity contribution in [3.63, 3.8) is 0 Å². The summed E-state index contributed by atoms with van der Waals surface area (Å²) in [5.41, 5.74) is 0.781. The zero-order valence-electron chi connectivity index (χ0n) is 14.0. The Morgan fingerprint density at radius 3 is 2.79 bits per heavy atom. The molecule has 1 aromatic heterocycles. The van der Waals surface area contributed by atoms with Crippen LogP contribution in [0.1, 0.15) is 13.8 Å². The Bertz CT molecular complexity index is 712. The zero-order valence-corrected chi connectivity index (χ0v) is 14.0. The van der Waals surface area contributed by atoms with E-state index >= 15 is 0 Å². The first kappa shape index (κ1) is 16.9. The number of aliphatic hydroxyl groups excluding tert-OH is 1. The topological polar surface area (TPSA) is 80.7 Å². The van der Waals surface area contributed by atoms with Gasteiger partial charge in [-0.05, 0) is 13.8 Å². The van der Waals surface area contributed by atoms with E-state index in [4.69, 9.17) is 9.26 Å². The molecule has 2 heterocycles. The van der Waals surface area contributed by atoms with Crippen LogP contribution in [0.25, 0.3) is 11.4 Å². The molecule has 1 fully saturated rings. The van der Waals surface area contributed by atoms with E-state index in [9.17, 15) is 9.90 Å². The van der Waals surface area contributed by atoms with Crippen LogP contribution in [-0.2, 0) is 11.3 Å². The molecule has 1 saturated heterocycles. The molecular formula is C17H23N3O4. The van der Waals surface area contributed by atoms with E-state index in [0.29, 0.717) is 19.0 Å². The normalized spacial score (nSPS) is 23.3. The third-order valence-corrected chi connectivity index (χ3v) is 4.29. The summed E-state index contributed by atoms with van der Waals surface area (Å²) in [6.45, 7) is 6.12. The number of nitrogens with zero attached hydrogens (tertiary/aromatic N) is 3. The summed E-state index contributed by atoms with van der Waals surface area (Å²) in [7, 11) is 0. The molecule has 1 aliphatic heterocycles. The van der Waals surface area contributed by atoms with E-state index < -0.39 is 11.9 Å². The highest BCUT2D eigenvalue weighted by Gasteiger charge is 2.26. The van der Waals surface area contributed by atoms with E-state index in [0.717, 1.165) is 12.1 Å². The quantitative estimate of drug-likeness (QED) is 0.878. The fourth-order valence-corrected chi connectivity index (χ4v) is 2.99. The van der Waals surface area contributed by atoms with Crippen molar-refractivity contribution in [2.45, 2.75) is 38.6 Å². The van der Waals surface area contributed by atoms with Gasteiger partial charge >= 0.3 is 5.76 Å². The fourth-order valence-electron chi connectivity index (χ4n) is 2.99. The average Bonchev–Trinajstić information content (AvgIpc) is 2.93. The van der Waals surface area contributed by atoms with Gasteiger partial charge in [-0.3, -0.25) is 14.0 Å². The molecule has 7 nitrogen and oxygen atoms in total. The third kappa shape index (κ3) is 3.75. The van der Waals surface area contributed by atoms with Crippen LogP contribution in [0.15, 0.2) is 39.6 Å². The maximum Gasteiger partial charge on any atom is 0.441 e. The molecule has 0 spiro atoms. The number of hydrogen-bond donors (Lipinski definition) is 1. The van der Waals surface area contributed by atoms with Gasteiger partial charge in [-0.1, -0.05) is 35.5 Å². The second kappa shape index (κ2) is 7.29. The number of ether oxygens (including phenoxy) is 1. The van der Waals surface area contributed by atoms with Crippen LogP contribution in [0, 0.1) is 0 Å². The summed E-state index contributed by atoms with van der Waals surface area (Å²) >= 11 is 0. The number of hydrogen-bond acceptors (Lipinski definition) is 6. The number of benzene rings is 1. The Hall–Kier alpha value is -1.96. The van der Waals surface area contributed by atoms with Crippen molar-refractivity contribution in [1.82, 2.24) is 14.6 Å². The molecule has 2 aromatic rings. The van der Waals surface area contributed by atoms with E-state index in [-0.39, 0.29) is 18.7 Å². The van der Waals surface area contributed by atoms with Crippen LogP contribution in [0.5, 0.6) is 0 Å². The number of β-amino-alcohol motifs (C(OH)–C–C–N with tert-alkyl or cyclic N) is 1. The number of rotatable bonds is 5. The predicted octanol–water partition coefficient (Wildman–Crippen LogP) is 0.973. The monoisotopic (exact) mass is 333 g/mol. The van der Waals surface area contributed by atoms with Gasteiger partial charge in [0.15, 0.2) is 5.82 Å². The van der Waals surface area contributed by atoms with Crippen molar-refractivity contribution in [2.75, 3.05) is 19.7 Å². The van der Waals surface area contributed by atoms with Gasteiger partial charge in [0, 0.05) is 24.7 Å². The number of morpholine rings is 1. The summed E-state index contributed by atoms with van der Waals surface area (Å²) < 4.78 is 11.8. The van der Waals surface area contributed by atoms with Gasteiger partial charge in [0.1, 0.15) is 0 Å². The summed E-state index contributed by atoms with van der Waals surface area (Å²) in [4.78, 5) is 14.1. The van der Waals surface area contributed by atoms with Crippen molar-refractivity contribution in [3.8, 4) is 11.4 Å². The van der Waals surface area contributed by atoms with Crippen LogP contribution < -0.4 is 5.76 Å². The Labute approximate surface area is 140 Å². The summed E-state index contributed by atoms with van der Waals surface area (Å²) in [6.07, 6.45) is -0.552. The molecule has 0 radical (unpaired) electrons. The van der Waals surface area contributed by atoms with Crippen molar-refractivity contribution in [2.24, 2.45) is 0 Å². The molecule has 1 aliphatic rings. The molecule has 0 aliphatic carbocycles. The molecule has 24 heavy (non-hydrogen) atoms. The SMILES string of the molecule is CC1CN(CC(O)Cn2c(-c3ccccc3)noc2=O)C(C)CO1. The molecule has 0 saturated carbocycles. The van der Waals surface area contributed by atoms with Gasteiger partial charge in [-0.2, -0.15) is 0 Å². The first-order valence-corrected chi connectivity index (χ1v) is 8.20. The Balaban J connectivity index is 1.72. The van der Waals surface area contributed by atoms with E-state index in [1.54, 1.807) is 0 Å². The van der Waals surface area contributed by atoms with Gasteiger partial charge in [0.25, 0.3) is 0 Å². The van der Waals surface area contributed by atoms with Crippen molar-refractivity contribution < 1.29 is 14.4 Å². The predicted molar refractivity (Wildman–Crippen MR) is 88.7 cm³/mol. The highest BCUT2D eigenvalue weighted by atomic mass is 16.5. The van der Waals surface area contributed by atoms with Gasteiger partial charge in [0.2, 0.25) is 0 Å². The number of aromatic nitrogens is 2. The minimum absolute atomic E-state index is 0.144. The van der Waals surface area contributed by atoms with E-state index in [2.05, 4.69) is 17.0 Å². The van der Waals surface area contributed by atoms with Crippen LogP contribution in [0.3, 0.4) is 0 Å². The molecule has 130 valence electrons. The molecule has 7 heteroatoms. The van der Waals surface area contributed by atoms with Gasteiger partial charge < -0.3 is 9.84 Å².